The zero-order valence-electron chi connectivity index (χ0n) is 15.6. The highest BCUT2D eigenvalue weighted by molar-refractivity contribution is 5.93. The van der Waals surface area contributed by atoms with Crippen LogP contribution in [0.3, 0.4) is 0 Å². The molecule has 0 fully saturated rings. The number of benzene rings is 1. The third-order valence-corrected chi connectivity index (χ3v) is 3.91. The average molecular weight is 378 g/mol. The van der Waals surface area contributed by atoms with Crippen LogP contribution < -0.4 is 10.1 Å². The first kappa shape index (κ1) is 19.1. The van der Waals surface area contributed by atoms with Crippen molar-refractivity contribution in [1.82, 2.24) is 20.1 Å². The largest absolute Gasteiger partial charge is 0.479 e. The number of halogens is 1. The van der Waals surface area contributed by atoms with Gasteiger partial charge in [-0.2, -0.15) is 5.10 Å². The SMILES string of the molecule is Cc1ccc(OCC#CCNC(=O)c2cc(-c3ccc(F)cc3)nn2C)cn1. The molecule has 0 aliphatic heterocycles. The van der Waals surface area contributed by atoms with Gasteiger partial charge < -0.3 is 10.1 Å². The van der Waals surface area contributed by atoms with Crippen molar-refractivity contribution in [2.75, 3.05) is 13.2 Å². The molecule has 0 aliphatic rings. The van der Waals surface area contributed by atoms with Crippen molar-refractivity contribution in [3.63, 3.8) is 0 Å². The second-order valence-corrected chi connectivity index (χ2v) is 6.01. The van der Waals surface area contributed by atoms with Crippen molar-refractivity contribution >= 4 is 5.91 Å². The fraction of sp³-hybridized carbons (Fsp3) is 0.190. The van der Waals surface area contributed by atoms with Crippen LogP contribution in [0.15, 0.2) is 48.7 Å². The first-order valence-electron chi connectivity index (χ1n) is 8.62. The van der Waals surface area contributed by atoms with Crippen LogP contribution in [0, 0.1) is 24.6 Å². The van der Waals surface area contributed by atoms with Crippen molar-refractivity contribution in [1.29, 1.82) is 0 Å². The van der Waals surface area contributed by atoms with Crippen LogP contribution in [0.25, 0.3) is 11.3 Å². The molecular weight excluding hydrogens is 359 g/mol. The van der Waals surface area contributed by atoms with Gasteiger partial charge in [0.25, 0.3) is 5.91 Å². The van der Waals surface area contributed by atoms with Gasteiger partial charge in [0.15, 0.2) is 0 Å². The van der Waals surface area contributed by atoms with Crippen molar-refractivity contribution < 1.29 is 13.9 Å². The predicted octanol–water partition coefficient (Wildman–Crippen LogP) is 2.74. The lowest BCUT2D eigenvalue weighted by Gasteiger charge is -2.01. The molecule has 0 bridgehead atoms. The van der Waals surface area contributed by atoms with Crippen LogP contribution in [0.1, 0.15) is 16.2 Å². The number of hydrogen-bond acceptors (Lipinski definition) is 4. The Morgan fingerprint density at radius 2 is 2.00 bits per heavy atom. The van der Waals surface area contributed by atoms with Crippen LogP contribution >= 0.6 is 0 Å². The summed E-state index contributed by atoms with van der Waals surface area (Å²) in [4.78, 5) is 16.4. The fourth-order valence-corrected chi connectivity index (χ4v) is 2.43. The summed E-state index contributed by atoms with van der Waals surface area (Å²) in [5, 5.41) is 7.02. The third kappa shape index (κ3) is 4.95. The number of nitrogens with zero attached hydrogens (tertiary/aromatic N) is 3. The molecule has 0 spiro atoms. The molecule has 28 heavy (non-hydrogen) atoms. The zero-order valence-corrected chi connectivity index (χ0v) is 15.6. The van der Waals surface area contributed by atoms with Gasteiger partial charge in [0, 0.05) is 18.3 Å². The van der Waals surface area contributed by atoms with Gasteiger partial charge in [0.2, 0.25) is 0 Å². The summed E-state index contributed by atoms with van der Waals surface area (Å²) in [6.07, 6.45) is 1.64. The number of pyridine rings is 1. The minimum atomic E-state index is -0.321. The number of carbonyl (C=O) groups is 1. The van der Waals surface area contributed by atoms with Gasteiger partial charge in [-0.25, -0.2) is 4.39 Å². The number of amides is 1. The van der Waals surface area contributed by atoms with Crippen molar-refractivity contribution in [3.8, 4) is 28.8 Å². The number of hydrogen-bond donors (Lipinski definition) is 1. The highest BCUT2D eigenvalue weighted by Crippen LogP contribution is 2.19. The lowest BCUT2D eigenvalue weighted by atomic mass is 10.1. The molecule has 0 atom stereocenters. The molecule has 2 heterocycles. The Morgan fingerprint density at radius 3 is 2.71 bits per heavy atom. The number of ether oxygens (including phenoxy) is 1. The summed E-state index contributed by atoms with van der Waals surface area (Å²) in [5.74, 6) is 5.70. The first-order valence-corrected chi connectivity index (χ1v) is 8.62. The summed E-state index contributed by atoms with van der Waals surface area (Å²) >= 11 is 0. The van der Waals surface area contributed by atoms with E-state index in [2.05, 4.69) is 27.2 Å². The molecule has 6 nitrogen and oxygen atoms in total. The van der Waals surface area contributed by atoms with Crippen molar-refractivity contribution in [3.05, 3.63) is 65.9 Å². The normalized spacial score (nSPS) is 10.1. The van der Waals surface area contributed by atoms with Gasteiger partial charge in [-0.3, -0.25) is 14.5 Å². The van der Waals surface area contributed by atoms with E-state index in [-0.39, 0.29) is 24.9 Å². The maximum absolute atomic E-state index is 13.0. The molecule has 3 aromatic rings. The third-order valence-electron chi connectivity index (χ3n) is 3.91. The lowest BCUT2D eigenvalue weighted by Crippen LogP contribution is -2.25. The van der Waals surface area contributed by atoms with E-state index in [1.54, 1.807) is 31.4 Å². The number of aryl methyl sites for hydroxylation is 2. The van der Waals surface area contributed by atoms with E-state index in [1.807, 2.05) is 19.1 Å². The molecule has 7 heteroatoms. The second kappa shape index (κ2) is 8.82. The van der Waals surface area contributed by atoms with E-state index in [0.717, 1.165) is 11.3 Å². The summed E-state index contributed by atoms with van der Waals surface area (Å²) in [6, 6.07) is 11.3. The Labute approximate surface area is 162 Å². The van der Waals surface area contributed by atoms with Gasteiger partial charge in [0.1, 0.15) is 23.9 Å². The van der Waals surface area contributed by atoms with Gasteiger partial charge >= 0.3 is 0 Å². The fourth-order valence-electron chi connectivity index (χ4n) is 2.43. The van der Waals surface area contributed by atoms with Crippen LogP contribution in [0.5, 0.6) is 5.75 Å². The molecule has 3 rings (SSSR count). The maximum Gasteiger partial charge on any atom is 0.270 e. The van der Waals surface area contributed by atoms with Crippen LogP contribution in [-0.4, -0.2) is 33.8 Å². The van der Waals surface area contributed by atoms with Crippen LogP contribution in [0.2, 0.25) is 0 Å². The molecule has 2 aromatic heterocycles. The van der Waals surface area contributed by atoms with E-state index in [0.29, 0.717) is 17.1 Å². The van der Waals surface area contributed by atoms with Gasteiger partial charge in [-0.05, 0) is 49.4 Å². The number of carbonyl (C=O) groups excluding carboxylic acids is 1. The highest BCUT2D eigenvalue weighted by atomic mass is 19.1. The van der Waals surface area contributed by atoms with E-state index in [1.165, 1.54) is 16.8 Å². The molecule has 0 saturated carbocycles. The predicted molar refractivity (Wildman–Crippen MR) is 103 cm³/mol. The summed E-state index contributed by atoms with van der Waals surface area (Å²) in [5.41, 5.74) is 2.64. The number of nitrogens with one attached hydrogen (secondary N) is 1. The van der Waals surface area contributed by atoms with Crippen molar-refractivity contribution in [2.24, 2.45) is 7.05 Å². The quantitative estimate of drug-likeness (QED) is 0.693. The van der Waals surface area contributed by atoms with E-state index < -0.39 is 0 Å². The summed E-state index contributed by atoms with van der Waals surface area (Å²) < 4.78 is 20.0. The maximum atomic E-state index is 13.0. The summed E-state index contributed by atoms with van der Waals surface area (Å²) in [6.45, 7) is 2.30. The molecule has 0 saturated heterocycles. The monoisotopic (exact) mass is 378 g/mol. The minimum absolute atomic E-state index is 0.186. The first-order chi connectivity index (χ1) is 13.5. The highest BCUT2D eigenvalue weighted by Gasteiger charge is 2.13. The smallest absolute Gasteiger partial charge is 0.270 e. The molecule has 0 unspecified atom stereocenters. The zero-order chi connectivity index (χ0) is 19.9. The van der Waals surface area contributed by atoms with Crippen LogP contribution in [0.4, 0.5) is 4.39 Å². The average Bonchev–Trinajstić information content (AvgIpc) is 3.08. The Bertz CT molecular complexity index is 1020. The van der Waals surface area contributed by atoms with Gasteiger partial charge in [0.05, 0.1) is 18.4 Å². The number of rotatable bonds is 5. The topological polar surface area (TPSA) is 69.0 Å². The Balaban J connectivity index is 1.51. The molecule has 1 N–H and O–H groups in total. The van der Waals surface area contributed by atoms with Crippen LogP contribution in [-0.2, 0) is 7.05 Å². The minimum Gasteiger partial charge on any atom is -0.479 e. The molecule has 0 aliphatic carbocycles. The lowest BCUT2D eigenvalue weighted by molar-refractivity contribution is 0.0949. The van der Waals surface area contributed by atoms with E-state index in [4.69, 9.17) is 4.74 Å². The van der Waals surface area contributed by atoms with Gasteiger partial charge in [-0.15, -0.1) is 0 Å². The standard InChI is InChI=1S/C21H19FN4O2/c1-15-5-10-18(14-24-15)28-12-4-3-11-23-21(27)20-13-19(25-26(20)2)16-6-8-17(22)9-7-16/h5-10,13-14H,11-12H2,1-2H3,(H,23,27). The Morgan fingerprint density at radius 1 is 1.21 bits per heavy atom. The summed E-state index contributed by atoms with van der Waals surface area (Å²) in [7, 11) is 1.68. The number of aromatic nitrogens is 3. The molecule has 0 radical (unpaired) electrons. The molecule has 1 amide bonds. The van der Waals surface area contributed by atoms with Crippen molar-refractivity contribution in [2.45, 2.75) is 6.92 Å². The van der Waals surface area contributed by atoms with Gasteiger partial charge in [-0.1, -0.05) is 11.8 Å². The molecule has 1 aromatic carbocycles. The molecule has 142 valence electrons. The van der Waals surface area contributed by atoms with E-state index >= 15 is 0 Å². The Kier molecular flexibility index (Phi) is 6.02. The molecular formula is C21H19FN4O2. The Hall–Kier alpha value is -3.66. The second-order valence-electron chi connectivity index (χ2n) is 6.01. The van der Waals surface area contributed by atoms with E-state index in [9.17, 15) is 9.18 Å².